The van der Waals surface area contributed by atoms with Gasteiger partial charge in [0.1, 0.15) is 0 Å². The van der Waals surface area contributed by atoms with Crippen molar-refractivity contribution in [3.05, 3.63) is 72.3 Å². The highest BCUT2D eigenvalue weighted by atomic mass is 32.2. The molecule has 25 heavy (non-hydrogen) atoms. The standard InChI is InChI=1S/C19H21N5S/c1-3-9-17(10-4-1)11-7-14-20-15-8-16-25-19-21-22-23-24(19)18-12-5-2-6-13-18/h1-7,9-13,20H,8,14-16H2. The summed E-state index contributed by atoms with van der Waals surface area (Å²) in [5.41, 5.74) is 2.21. The molecule has 0 amide bonds. The molecule has 0 saturated heterocycles. The number of aromatic nitrogens is 4. The van der Waals surface area contributed by atoms with Crippen LogP contribution in [0.25, 0.3) is 11.8 Å². The lowest BCUT2D eigenvalue weighted by molar-refractivity contribution is 0.731. The Morgan fingerprint density at radius 2 is 1.76 bits per heavy atom. The van der Waals surface area contributed by atoms with Crippen LogP contribution < -0.4 is 5.32 Å². The van der Waals surface area contributed by atoms with E-state index in [1.54, 1.807) is 16.4 Å². The maximum Gasteiger partial charge on any atom is 0.214 e. The highest BCUT2D eigenvalue weighted by Gasteiger charge is 2.07. The molecular weight excluding hydrogens is 330 g/mol. The van der Waals surface area contributed by atoms with E-state index in [1.807, 2.05) is 48.5 Å². The van der Waals surface area contributed by atoms with Gasteiger partial charge in [0.25, 0.3) is 0 Å². The minimum absolute atomic E-state index is 0.829. The number of nitrogens with one attached hydrogen (secondary N) is 1. The molecule has 0 atom stereocenters. The summed E-state index contributed by atoms with van der Waals surface area (Å²) in [5, 5.41) is 16.2. The molecular formula is C19H21N5S. The van der Waals surface area contributed by atoms with Gasteiger partial charge in [-0.05, 0) is 41.1 Å². The Labute approximate surface area is 152 Å². The van der Waals surface area contributed by atoms with E-state index in [4.69, 9.17) is 0 Å². The van der Waals surface area contributed by atoms with Crippen molar-refractivity contribution in [1.29, 1.82) is 0 Å². The van der Waals surface area contributed by atoms with Crippen molar-refractivity contribution in [3.63, 3.8) is 0 Å². The molecule has 0 aliphatic carbocycles. The molecule has 0 spiro atoms. The molecule has 0 saturated carbocycles. The van der Waals surface area contributed by atoms with Gasteiger partial charge in [0, 0.05) is 12.3 Å². The van der Waals surface area contributed by atoms with Crippen LogP contribution in [0.3, 0.4) is 0 Å². The molecule has 3 aromatic rings. The van der Waals surface area contributed by atoms with Gasteiger partial charge in [-0.15, -0.1) is 5.10 Å². The second kappa shape index (κ2) is 9.76. The van der Waals surface area contributed by atoms with E-state index in [-0.39, 0.29) is 0 Å². The summed E-state index contributed by atoms with van der Waals surface area (Å²) in [6.07, 6.45) is 5.35. The van der Waals surface area contributed by atoms with Crippen LogP contribution in [0.1, 0.15) is 12.0 Å². The van der Waals surface area contributed by atoms with Crippen molar-refractivity contribution < 1.29 is 0 Å². The van der Waals surface area contributed by atoms with E-state index in [0.717, 1.165) is 36.1 Å². The van der Waals surface area contributed by atoms with Gasteiger partial charge in [0.2, 0.25) is 5.16 Å². The summed E-state index contributed by atoms with van der Waals surface area (Å²) < 4.78 is 1.78. The smallest absolute Gasteiger partial charge is 0.214 e. The number of rotatable bonds is 9. The van der Waals surface area contributed by atoms with Crippen LogP contribution in [0.5, 0.6) is 0 Å². The second-order valence-corrected chi connectivity index (χ2v) is 6.49. The molecule has 1 N–H and O–H groups in total. The summed E-state index contributed by atoms with van der Waals surface area (Å²) >= 11 is 1.68. The molecule has 0 radical (unpaired) electrons. The predicted molar refractivity (Wildman–Crippen MR) is 103 cm³/mol. The summed E-state index contributed by atoms with van der Waals surface area (Å²) in [7, 11) is 0. The maximum absolute atomic E-state index is 4.11. The number of para-hydroxylation sites is 1. The maximum atomic E-state index is 4.11. The minimum Gasteiger partial charge on any atom is -0.313 e. The predicted octanol–water partition coefficient (Wildman–Crippen LogP) is 3.45. The van der Waals surface area contributed by atoms with Gasteiger partial charge < -0.3 is 5.32 Å². The number of benzene rings is 2. The van der Waals surface area contributed by atoms with Crippen LogP contribution in [0.2, 0.25) is 0 Å². The van der Waals surface area contributed by atoms with Crippen molar-refractivity contribution in [1.82, 2.24) is 25.5 Å². The van der Waals surface area contributed by atoms with Crippen molar-refractivity contribution in [2.75, 3.05) is 18.8 Å². The zero-order chi connectivity index (χ0) is 17.2. The van der Waals surface area contributed by atoms with E-state index in [9.17, 15) is 0 Å². The molecule has 1 aromatic heterocycles. The lowest BCUT2D eigenvalue weighted by Gasteiger charge is -2.04. The van der Waals surface area contributed by atoms with Crippen LogP contribution in [0.4, 0.5) is 0 Å². The first kappa shape index (κ1) is 17.4. The fourth-order valence-corrected chi connectivity index (χ4v) is 3.14. The van der Waals surface area contributed by atoms with Gasteiger partial charge in [-0.1, -0.05) is 72.4 Å². The zero-order valence-corrected chi connectivity index (χ0v) is 14.8. The Balaban J connectivity index is 1.34. The molecule has 128 valence electrons. The largest absolute Gasteiger partial charge is 0.313 e. The lowest BCUT2D eigenvalue weighted by atomic mass is 10.2. The molecule has 2 aromatic carbocycles. The average molecular weight is 351 g/mol. The van der Waals surface area contributed by atoms with E-state index in [0.29, 0.717) is 0 Å². The number of hydrogen-bond donors (Lipinski definition) is 1. The van der Waals surface area contributed by atoms with Gasteiger partial charge in [-0.2, -0.15) is 4.68 Å². The first-order valence-corrected chi connectivity index (χ1v) is 9.31. The Kier molecular flexibility index (Phi) is 6.79. The third-order valence-corrected chi connectivity index (χ3v) is 4.55. The summed E-state index contributed by atoms with van der Waals surface area (Å²) in [5.74, 6) is 0.975. The Hall–Kier alpha value is -2.44. The molecule has 6 heteroatoms. The van der Waals surface area contributed by atoms with E-state index >= 15 is 0 Å². The summed E-state index contributed by atoms with van der Waals surface area (Å²) in [6.45, 7) is 1.85. The normalized spacial score (nSPS) is 11.2. The average Bonchev–Trinajstić information content (AvgIpc) is 3.14. The van der Waals surface area contributed by atoms with E-state index in [1.165, 1.54) is 5.56 Å². The number of nitrogens with zero attached hydrogens (tertiary/aromatic N) is 4. The molecule has 0 aliphatic heterocycles. The van der Waals surface area contributed by atoms with Crippen LogP contribution in [0.15, 0.2) is 71.9 Å². The van der Waals surface area contributed by atoms with Gasteiger partial charge in [-0.25, -0.2) is 0 Å². The van der Waals surface area contributed by atoms with Crippen LogP contribution in [-0.4, -0.2) is 39.0 Å². The molecule has 5 nitrogen and oxygen atoms in total. The number of tetrazole rings is 1. The number of thioether (sulfide) groups is 1. The summed E-state index contributed by atoms with van der Waals surface area (Å²) in [6, 6.07) is 20.3. The van der Waals surface area contributed by atoms with Gasteiger partial charge in [0.15, 0.2) is 0 Å². The van der Waals surface area contributed by atoms with E-state index < -0.39 is 0 Å². The molecule has 3 rings (SSSR count). The first-order valence-electron chi connectivity index (χ1n) is 8.32. The van der Waals surface area contributed by atoms with Crippen molar-refractivity contribution in [3.8, 4) is 5.69 Å². The Morgan fingerprint density at radius 3 is 2.56 bits per heavy atom. The zero-order valence-electron chi connectivity index (χ0n) is 14.0. The fraction of sp³-hybridized carbons (Fsp3) is 0.211. The topological polar surface area (TPSA) is 55.6 Å². The molecule has 0 bridgehead atoms. The van der Waals surface area contributed by atoms with Gasteiger partial charge in [0.05, 0.1) is 5.69 Å². The monoisotopic (exact) mass is 351 g/mol. The van der Waals surface area contributed by atoms with Crippen LogP contribution in [0, 0.1) is 0 Å². The molecule has 0 unspecified atom stereocenters. The van der Waals surface area contributed by atoms with Crippen LogP contribution in [-0.2, 0) is 0 Å². The molecule has 1 heterocycles. The third-order valence-electron chi connectivity index (χ3n) is 3.54. The van der Waals surface area contributed by atoms with Crippen molar-refractivity contribution in [2.45, 2.75) is 11.6 Å². The fourth-order valence-electron chi connectivity index (χ4n) is 2.31. The highest BCUT2D eigenvalue weighted by molar-refractivity contribution is 7.99. The van der Waals surface area contributed by atoms with E-state index in [2.05, 4.69) is 45.1 Å². The van der Waals surface area contributed by atoms with Crippen LogP contribution >= 0.6 is 11.8 Å². The van der Waals surface area contributed by atoms with Crippen molar-refractivity contribution >= 4 is 17.8 Å². The third kappa shape index (κ3) is 5.55. The molecule has 0 aliphatic rings. The first-order chi connectivity index (χ1) is 12.4. The lowest BCUT2D eigenvalue weighted by Crippen LogP contribution is -2.15. The quantitative estimate of drug-likeness (QED) is 0.473. The van der Waals surface area contributed by atoms with Gasteiger partial charge in [-0.3, -0.25) is 0 Å². The van der Waals surface area contributed by atoms with Crippen molar-refractivity contribution in [2.24, 2.45) is 0 Å². The van der Waals surface area contributed by atoms with Gasteiger partial charge >= 0.3 is 0 Å². The Morgan fingerprint density at radius 1 is 1.00 bits per heavy atom. The highest BCUT2D eigenvalue weighted by Crippen LogP contribution is 2.18. The number of hydrogen-bond acceptors (Lipinski definition) is 5. The Bertz CT molecular complexity index is 771. The summed E-state index contributed by atoms with van der Waals surface area (Å²) in [4.78, 5) is 0. The second-order valence-electron chi connectivity index (χ2n) is 5.43. The SMILES string of the molecule is C(=Cc1ccccc1)CNCCCSc1nnnn1-c1ccccc1. The minimum atomic E-state index is 0.829. The molecule has 0 fully saturated rings.